The summed E-state index contributed by atoms with van der Waals surface area (Å²) < 4.78 is 0. The van der Waals surface area contributed by atoms with Crippen molar-refractivity contribution in [1.82, 2.24) is 4.98 Å². The molecule has 6 aromatic rings. The molecular formula is C55H59N. The Bertz CT molecular complexity index is 2310. The lowest BCUT2D eigenvalue weighted by atomic mass is 9.55. The molecule has 0 aliphatic heterocycles. The first-order chi connectivity index (χ1) is 26.9. The molecule has 5 aromatic carbocycles. The van der Waals surface area contributed by atoms with Gasteiger partial charge in [-0.25, -0.2) is 0 Å². The molecule has 0 N–H and O–H groups in total. The molecule has 0 unspecified atom stereocenters. The standard InChI is InChI=1S/C55H59N/c1-8-9-14-44-47(37-17-23-42(24-18-37)52(2,3)4)33-41(34-48(44)38-19-25-43(26-20-38)53(5,6)7)40-22-28-51(56-36-40)39-21-27-46-45-15-10-11-16-49(45)54-29-12-31-55(54,32-13-30-54)50(46)35-39/h10-11,15-28,33-36H,8-9,12-14,29-32H2,1-7H3. The van der Waals surface area contributed by atoms with E-state index in [2.05, 4.69) is 170 Å². The van der Waals surface area contributed by atoms with Crippen LogP contribution in [0.3, 0.4) is 0 Å². The topological polar surface area (TPSA) is 12.9 Å². The molecule has 0 atom stereocenters. The molecule has 1 heteroatoms. The van der Waals surface area contributed by atoms with Crippen LogP contribution in [0.4, 0.5) is 0 Å². The van der Waals surface area contributed by atoms with Crippen molar-refractivity contribution in [2.45, 2.75) is 128 Å². The number of hydrogen-bond acceptors (Lipinski definition) is 1. The molecule has 9 rings (SSSR count). The van der Waals surface area contributed by atoms with Crippen LogP contribution in [0.25, 0.3) is 55.8 Å². The summed E-state index contributed by atoms with van der Waals surface area (Å²) in [5.41, 5.74) is 21.0. The van der Waals surface area contributed by atoms with E-state index in [0.717, 1.165) is 30.5 Å². The molecule has 1 aromatic heterocycles. The number of nitrogens with zero attached hydrogens (tertiary/aromatic N) is 1. The number of aromatic nitrogens is 1. The van der Waals surface area contributed by atoms with Crippen molar-refractivity contribution in [3.05, 3.63) is 149 Å². The Balaban J connectivity index is 1.15. The van der Waals surface area contributed by atoms with E-state index in [1.54, 1.807) is 11.1 Å². The third kappa shape index (κ3) is 6.00. The van der Waals surface area contributed by atoms with Crippen LogP contribution in [0.1, 0.15) is 128 Å². The van der Waals surface area contributed by atoms with Gasteiger partial charge in [-0.1, -0.05) is 159 Å². The molecule has 0 bridgehead atoms. The highest BCUT2D eigenvalue weighted by molar-refractivity contribution is 5.86. The Kier molecular flexibility index (Phi) is 9.03. The summed E-state index contributed by atoms with van der Waals surface area (Å²) >= 11 is 0. The van der Waals surface area contributed by atoms with Crippen LogP contribution in [-0.4, -0.2) is 4.98 Å². The Hall–Kier alpha value is -4.75. The maximum absolute atomic E-state index is 5.24. The van der Waals surface area contributed by atoms with E-state index < -0.39 is 0 Å². The molecule has 284 valence electrons. The van der Waals surface area contributed by atoms with Gasteiger partial charge in [-0.2, -0.15) is 0 Å². The molecule has 0 saturated heterocycles. The Morgan fingerprint density at radius 1 is 0.500 bits per heavy atom. The molecule has 56 heavy (non-hydrogen) atoms. The van der Waals surface area contributed by atoms with E-state index in [1.807, 2.05) is 0 Å². The number of pyridine rings is 1. The summed E-state index contributed by atoms with van der Waals surface area (Å²) in [5.74, 6) is 0. The monoisotopic (exact) mass is 733 g/mol. The summed E-state index contributed by atoms with van der Waals surface area (Å²) in [4.78, 5) is 5.24. The molecule has 0 radical (unpaired) electrons. The summed E-state index contributed by atoms with van der Waals surface area (Å²) in [6, 6.07) is 44.8. The van der Waals surface area contributed by atoms with Crippen LogP contribution in [0.2, 0.25) is 0 Å². The lowest BCUT2D eigenvalue weighted by molar-refractivity contribution is 0.299. The zero-order valence-corrected chi connectivity index (χ0v) is 34.9. The highest BCUT2D eigenvalue weighted by Gasteiger charge is 2.62. The molecule has 1 nitrogen and oxygen atoms in total. The first kappa shape index (κ1) is 36.9. The Labute approximate surface area is 336 Å². The average Bonchev–Trinajstić information content (AvgIpc) is 3.78. The van der Waals surface area contributed by atoms with Crippen LogP contribution in [0.15, 0.2) is 121 Å². The highest BCUT2D eigenvalue weighted by atomic mass is 14.7. The average molecular weight is 734 g/mol. The second kappa shape index (κ2) is 13.7. The third-order valence-corrected chi connectivity index (χ3v) is 14.1. The fraction of sp³-hybridized carbons (Fsp3) is 0.364. The SMILES string of the molecule is CCCCc1c(-c2ccc(C(C)(C)C)cc2)cc(-c2ccc(-c3ccc4c(c3)C35CCCC3(CCC5)c3ccccc3-4)nc2)cc1-c1ccc(C(C)(C)C)cc1. The Morgan fingerprint density at radius 2 is 1.02 bits per heavy atom. The van der Waals surface area contributed by atoms with Gasteiger partial charge in [0, 0.05) is 28.2 Å². The summed E-state index contributed by atoms with van der Waals surface area (Å²) in [6.07, 6.45) is 13.4. The van der Waals surface area contributed by atoms with Gasteiger partial charge in [0.2, 0.25) is 0 Å². The molecule has 0 amide bonds. The van der Waals surface area contributed by atoms with Crippen molar-refractivity contribution >= 4 is 0 Å². The number of fused-ring (bicyclic) bond motifs is 3. The smallest absolute Gasteiger partial charge is 0.0702 e. The third-order valence-electron chi connectivity index (χ3n) is 14.1. The van der Waals surface area contributed by atoms with Crippen LogP contribution in [-0.2, 0) is 28.1 Å². The number of rotatable bonds is 7. The van der Waals surface area contributed by atoms with Gasteiger partial charge in [-0.3, -0.25) is 4.98 Å². The van der Waals surface area contributed by atoms with Crippen molar-refractivity contribution in [2.75, 3.05) is 0 Å². The van der Waals surface area contributed by atoms with Crippen LogP contribution >= 0.6 is 0 Å². The van der Waals surface area contributed by atoms with E-state index in [-0.39, 0.29) is 16.2 Å². The van der Waals surface area contributed by atoms with E-state index >= 15 is 0 Å². The van der Waals surface area contributed by atoms with Gasteiger partial charge in [0.05, 0.1) is 5.69 Å². The van der Waals surface area contributed by atoms with Gasteiger partial charge in [0.15, 0.2) is 0 Å². The largest absolute Gasteiger partial charge is 0.256 e. The van der Waals surface area contributed by atoms with Crippen molar-refractivity contribution < 1.29 is 0 Å². The summed E-state index contributed by atoms with van der Waals surface area (Å²) in [7, 11) is 0. The zero-order valence-electron chi connectivity index (χ0n) is 34.9. The molecular weight excluding hydrogens is 675 g/mol. The first-order valence-corrected chi connectivity index (χ1v) is 21.5. The zero-order chi connectivity index (χ0) is 38.9. The van der Waals surface area contributed by atoms with Gasteiger partial charge < -0.3 is 0 Å². The fourth-order valence-electron chi connectivity index (χ4n) is 11.1. The summed E-state index contributed by atoms with van der Waals surface area (Å²) in [6.45, 7) is 16.1. The first-order valence-electron chi connectivity index (χ1n) is 21.5. The summed E-state index contributed by atoms with van der Waals surface area (Å²) in [5, 5.41) is 0. The van der Waals surface area contributed by atoms with Crippen LogP contribution in [0.5, 0.6) is 0 Å². The van der Waals surface area contributed by atoms with Crippen molar-refractivity contribution in [1.29, 1.82) is 0 Å². The van der Waals surface area contributed by atoms with E-state index in [9.17, 15) is 0 Å². The fourth-order valence-corrected chi connectivity index (χ4v) is 11.1. The number of unbranched alkanes of at least 4 members (excludes halogenated alkanes) is 1. The maximum Gasteiger partial charge on any atom is 0.0702 e. The Morgan fingerprint density at radius 3 is 1.55 bits per heavy atom. The lowest BCUT2D eigenvalue weighted by Gasteiger charge is -2.48. The second-order valence-corrected chi connectivity index (χ2v) is 19.4. The molecule has 2 fully saturated rings. The molecule has 1 heterocycles. The minimum Gasteiger partial charge on any atom is -0.256 e. The van der Waals surface area contributed by atoms with E-state index in [4.69, 9.17) is 4.98 Å². The van der Waals surface area contributed by atoms with E-state index in [1.165, 1.54) is 99.7 Å². The number of benzene rings is 5. The molecule has 0 spiro atoms. The van der Waals surface area contributed by atoms with Crippen molar-refractivity contribution in [2.24, 2.45) is 0 Å². The van der Waals surface area contributed by atoms with E-state index in [0.29, 0.717) is 5.41 Å². The van der Waals surface area contributed by atoms with Gasteiger partial charge in [0.1, 0.15) is 0 Å². The van der Waals surface area contributed by atoms with Crippen molar-refractivity contribution in [3.8, 4) is 55.8 Å². The van der Waals surface area contributed by atoms with Gasteiger partial charge in [-0.05, 0) is 140 Å². The molecule has 2 saturated carbocycles. The highest BCUT2D eigenvalue weighted by Crippen LogP contribution is 2.69. The van der Waals surface area contributed by atoms with Crippen LogP contribution in [0, 0.1) is 0 Å². The predicted molar refractivity (Wildman–Crippen MR) is 238 cm³/mol. The minimum atomic E-state index is 0.109. The van der Waals surface area contributed by atoms with Gasteiger partial charge in [0.25, 0.3) is 0 Å². The normalized spacial score (nSPS) is 20.0. The quantitative estimate of drug-likeness (QED) is 0.159. The molecule has 3 aliphatic carbocycles. The second-order valence-electron chi connectivity index (χ2n) is 19.4. The van der Waals surface area contributed by atoms with Gasteiger partial charge >= 0.3 is 0 Å². The molecule has 3 aliphatic rings. The predicted octanol–water partition coefficient (Wildman–Crippen LogP) is 15.2. The number of hydrogen-bond donors (Lipinski definition) is 0. The lowest BCUT2D eigenvalue weighted by Crippen LogP contribution is -2.43. The maximum atomic E-state index is 5.24. The van der Waals surface area contributed by atoms with Crippen molar-refractivity contribution in [3.63, 3.8) is 0 Å². The van der Waals surface area contributed by atoms with Crippen LogP contribution < -0.4 is 0 Å². The van der Waals surface area contributed by atoms with Gasteiger partial charge in [-0.15, -0.1) is 0 Å². The minimum absolute atomic E-state index is 0.109.